The van der Waals surface area contributed by atoms with Crippen molar-refractivity contribution in [3.63, 3.8) is 0 Å². The third-order valence-corrected chi connectivity index (χ3v) is 10.7. The first-order valence-corrected chi connectivity index (χ1v) is 17.1. The van der Waals surface area contributed by atoms with Crippen molar-refractivity contribution in [3.05, 3.63) is 60.2 Å². The summed E-state index contributed by atoms with van der Waals surface area (Å²) in [6.07, 6.45) is 4.27. The minimum absolute atomic E-state index is 0.0823. The quantitative estimate of drug-likeness (QED) is 0.403. The number of rotatable bonds is 7. The van der Waals surface area contributed by atoms with Crippen LogP contribution in [0.25, 0.3) is 11.3 Å². The highest BCUT2D eigenvalue weighted by molar-refractivity contribution is 5.79. The molecule has 4 heterocycles. The Morgan fingerprint density at radius 3 is 2.41 bits per heavy atom. The predicted molar refractivity (Wildman–Crippen MR) is 183 cm³/mol. The fourth-order valence-electron chi connectivity index (χ4n) is 7.75. The van der Waals surface area contributed by atoms with Gasteiger partial charge in [-0.2, -0.15) is 0 Å². The maximum Gasteiger partial charge on any atom is 0.225 e. The number of para-hydroxylation sites is 1. The molecule has 4 fully saturated rings. The van der Waals surface area contributed by atoms with Gasteiger partial charge in [-0.3, -0.25) is 9.69 Å². The third kappa shape index (κ3) is 6.25. The number of likely N-dealkylation sites (tertiary alicyclic amines) is 1. The van der Waals surface area contributed by atoms with Crippen LogP contribution in [0.15, 0.2) is 54.6 Å². The summed E-state index contributed by atoms with van der Waals surface area (Å²) in [5.74, 6) is 1.17. The van der Waals surface area contributed by atoms with E-state index in [-0.39, 0.29) is 17.2 Å². The number of aromatic hydroxyl groups is 1. The number of nitrogen functional groups attached to an aromatic ring is 1. The molecule has 1 amide bonds. The molecule has 1 aromatic heterocycles. The summed E-state index contributed by atoms with van der Waals surface area (Å²) < 4.78 is 0. The highest BCUT2D eigenvalue weighted by Crippen LogP contribution is 2.48. The molecule has 1 saturated carbocycles. The summed E-state index contributed by atoms with van der Waals surface area (Å²) in [5, 5.41) is 18.9. The Kier molecular flexibility index (Phi) is 8.50. The first-order chi connectivity index (χ1) is 22.3. The molecule has 2 aromatic carbocycles. The van der Waals surface area contributed by atoms with Gasteiger partial charge in [0.05, 0.1) is 16.9 Å². The Labute approximate surface area is 272 Å². The van der Waals surface area contributed by atoms with Gasteiger partial charge in [-0.1, -0.05) is 24.3 Å². The molecule has 3 N–H and O–H groups in total. The van der Waals surface area contributed by atoms with E-state index in [1.807, 2.05) is 18.2 Å². The molecular weight excluding hydrogens is 576 g/mol. The Morgan fingerprint density at radius 2 is 1.70 bits per heavy atom. The van der Waals surface area contributed by atoms with Crippen LogP contribution in [-0.2, 0) is 11.3 Å². The summed E-state index contributed by atoms with van der Waals surface area (Å²) in [7, 11) is 0. The Morgan fingerprint density at radius 1 is 0.935 bits per heavy atom. The molecular formula is C36H48N8O2. The van der Waals surface area contributed by atoms with Gasteiger partial charge in [-0.25, -0.2) is 0 Å². The molecule has 3 aliphatic heterocycles. The maximum absolute atomic E-state index is 13.3. The van der Waals surface area contributed by atoms with Gasteiger partial charge in [-0.15, -0.1) is 10.2 Å². The van der Waals surface area contributed by atoms with E-state index >= 15 is 0 Å². The van der Waals surface area contributed by atoms with Gasteiger partial charge >= 0.3 is 0 Å². The number of aromatic nitrogens is 2. The fourth-order valence-corrected chi connectivity index (χ4v) is 7.75. The van der Waals surface area contributed by atoms with Crippen LogP contribution in [0.3, 0.4) is 0 Å². The van der Waals surface area contributed by atoms with Crippen LogP contribution < -0.4 is 15.5 Å². The third-order valence-electron chi connectivity index (χ3n) is 10.7. The number of piperidine rings is 1. The number of hydrogen-bond acceptors (Lipinski definition) is 9. The van der Waals surface area contributed by atoms with Gasteiger partial charge in [0.25, 0.3) is 0 Å². The molecule has 3 saturated heterocycles. The molecule has 4 aliphatic rings. The van der Waals surface area contributed by atoms with Crippen molar-refractivity contribution in [1.29, 1.82) is 0 Å². The molecule has 1 spiro atoms. The van der Waals surface area contributed by atoms with Crippen LogP contribution in [0, 0.1) is 5.92 Å². The van der Waals surface area contributed by atoms with Crippen LogP contribution in [0.2, 0.25) is 0 Å². The zero-order valence-corrected chi connectivity index (χ0v) is 27.3. The topological polar surface area (TPSA) is 105 Å². The van der Waals surface area contributed by atoms with Crippen LogP contribution in [0.4, 0.5) is 17.2 Å². The van der Waals surface area contributed by atoms with E-state index in [4.69, 9.17) is 5.73 Å². The smallest absolute Gasteiger partial charge is 0.225 e. The van der Waals surface area contributed by atoms with E-state index in [2.05, 4.69) is 72.8 Å². The zero-order chi connectivity index (χ0) is 31.8. The first kappa shape index (κ1) is 30.7. The Hall–Kier alpha value is -3.89. The van der Waals surface area contributed by atoms with Crippen molar-refractivity contribution >= 4 is 23.1 Å². The minimum Gasteiger partial charge on any atom is -0.507 e. The number of carbonyl (C=O) groups excluding carboxylic acids is 1. The number of anilines is 3. The second-order valence-corrected chi connectivity index (χ2v) is 14.0. The van der Waals surface area contributed by atoms with Crippen molar-refractivity contribution in [1.82, 2.24) is 24.9 Å². The van der Waals surface area contributed by atoms with Crippen molar-refractivity contribution < 1.29 is 9.90 Å². The fraction of sp³-hybridized carbons (Fsp3) is 0.528. The highest BCUT2D eigenvalue weighted by Gasteiger charge is 2.51. The number of phenolic OH excluding ortho intramolecular Hbond substituents is 1. The predicted octanol–water partition coefficient (Wildman–Crippen LogP) is 4.06. The lowest BCUT2D eigenvalue weighted by molar-refractivity contribution is -0.139. The van der Waals surface area contributed by atoms with E-state index in [0.29, 0.717) is 29.0 Å². The summed E-state index contributed by atoms with van der Waals surface area (Å²) in [6.45, 7) is 13.6. The molecule has 10 heteroatoms. The van der Waals surface area contributed by atoms with Gasteiger partial charge in [0.15, 0.2) is 5.82 Å². The van der Waals surface area contributed by atoms with E-state index in [1.54, 1.807) is 12.1 Å². The molecule has 0 bridgehead atoms. The van der Waals surface area contributed by atoms with Gasteiger partial charge in [0, 0.05) is 75.6 Å². The summed E-state index contributed by atoms with van der Waals surface area (Å²) in [6, 6.07) is 18.8. The normalized spacial score (nSPS) is 20.9. The maximum atomic E-state index is 13.3. The lowest BCUT2D eigenvalue weighted by Crippen LogP contribution is -2.55. The van der Waals surface area contributed by atoms with E-state index in [0.717, 1.165) is 96.8 Å². The van der Waals surface area contributed by atoms with E-state index in [9.17, 15) is 9.90 Å². The Balaban J connectivity index is 0.963. The van der Waals surface area contributed by atoms with E-state index in [1.165, 1.54) is 11.3 Å². The summed E-state index contributed by atoms with van der Waals surface area (Å²) >= 11 is 0. The number of nitrogens with two attached hydrogens (primary N) is 1. The highest BCUT2D eigenvalue weighted by atomic mass is 16.3. The SMILES string of the molecule is CC(C)N1CCC(C(=O)N2CCN(Cc3cccc(N4CCN(c5cc(-c6ccccc6O)nnc5N)CC45CC5)c3)CC2)CC1. The average molecular weight is 625 g/mol. The lowest BCUT2D eigenvalue weighted by Gasteiger charge is -2.45. The molecule has 0 unspecified atom stereocenters. The van der Waals surface area contributed by atoms with Crippen molar-refractivity contribution in [2.75, 3.05) is 74.4 Å². The second kappa shape index (κ2) is 12.7. The number of nitrogens with zero attached hydrogens (tertiary/aromatic N) is 7. The number of benzene rings is 2. The second-order valence-electron chi connectivity index (χ2n) is 14.0. The van der Waals surface area contributed by atoms with Crippen molar-refractivity contribution in [2.24, 2.45) is 5.92 Å². The largest absolute Gasteiger partial charge is 0.507 e. The number of piperazine rings is 2. The van der Waals surface area contributed by atoms with Crippen LogP contribution in [-0.4, -0.2) is 106 Å². The zero-order valence-electron chi connectivity index (χ0n) is 27.3. The molecule has 10 nitrogen and oxygen atoms in total. The molecule has 1 aliphatic carbocycles. The standard InChI is InChI=1S/C36H48N8O2/c1-26(2)41-14-10-28(11-15-41)35(46)42-18-16-40(17-19-42)24-27-6-5-7-29(22-27)44-21-20-43(25-36(44)12-13-36)32-23-31(38-39-34(32)37)30-8-3-4-9-33(30)45/h3-9,22-23,26,28,45H,10-21,24-25H2,1-2H3,(H2,37,39). The van der Waals surface area contributed by atoms with Gasteiger partial charge in [0.1, 0.15) is 5.75 Å². The van der Waals surface area contributed by atoms with Crippen LogP contribution >= 0.6 is 0 Å². The minimum atomic E-state index is 0.0823. The average Bonchev–Trinajstić information content (AvgIpc) is 3.84. The number of amides is 1. The number of carbonyl (C=O) groups is 1. The number of hydrogen-bond donors (Lipinski definition) is 2. The van der Waals surface area contributed by atoms with Crippen LogP contribution in [0.5, 0.6) is 5.75 Å². The first-order valence-electron chi connectivity index (χ1n) is 17.1. The van der Waals surface area contributed by atoms with Crippen molar-refractivity contribution in [3.8, 4) is 17.0 Å². The van der Waals surface area contributed by atoms with Gasteiger partial charge in [-0.05, 0) is 88.5 Å². The molecule has 7 rings (SSSR count). The van der Waals surface area contributed by atoms with Crippen molar-refractivity contribution in [2.45, 2.75) is 57.7 Å². The van der Waals surface area contributed by atoms with Gasteiger partial charge in [0.2, 0.25) is 5.91 Å². The molecule has 0 atom stereocenters. The lowest BCUT2D eigenvalue weighted by atomic mass is 9.94. The number of phenols is 1. The summed E-state index contributed by atoms with van der Waals surface area (Å²) in [4.78, 5) is 25.3. The molecule has 46 heavy (non-hydrogen) atoms. The summed E-state index contributed by atoms with van der Waals surface area (Å²) in [5.41, 5.74) is 11.2. The van der Waals surface area contributed by atoms with Crippen LogP contribution in [0.1, 0.15) is 45.1 Å². The molecule has 0 radical (unpaired) electrons. The molecule has 244 valence electrons. The van der Waals surface area contributed by atoms with Gasteiger partial charge < -0.3 is 30.4 Å². The Bertz CT molecular complexity index is 1540. The monoisotopic (exact) mass is 624 g/mol. The molecule has 3 aromatic rings. The van der Waals surface area contributed by atoms with E-state index < -0.39 is 0 Å².